The second-order valence-corrected chi connectivity index (χ2v) is 4.52. The molecule has 1 aromatic carbocycles. The van der Waals surface area contributed by atoms with Crippen LogP contribution in [0.5, 0.6) is 5.75 Å². The largest absolute Gasteiger partial charge is 0.495 e. The molecule has 1 aliphatic rings. The van der Waals surface area contributed by atoms with E-state index in [2.05, 4.69) is 26.0 Å². The van der Waals surface area contributed by atoms with Crippen LogP contribution in [0.4, 0.5) is 6.01 Å². The lowest BCUT2D eigenvalue weighted by molar-refractivity contribution is 0.412. The van der Waals surface area contributed by atoms with E-state index in [1.807, 2.05) is 18.3 Å². The van der Waals surface area contributed by atoms with E-state index >= 15 is 0 Å². The Labute approximate surface area is 106 Å². The quantitative estimate of drug-likeness (QED) is 0.855. The van der Waals surface area contributed by atoms with Gasteiger partial charge in [-0.15, -0.1) is 0 Å². The van der Waals surface area contributed by atoms with Crippen molar-refractivity contribution in [2.45, 2.75) is 6.42 Å². The highest BCUT2D eigenvalue weighted by Crippen LogP contribution is 2.32. The maximum atomic E-state index is 5.65. The Balaban J connectivity index is 2.09. The number of hydrazone groups is 1. The molecule has 0 fully saturated rings. The third-order valence-corrected chi connectivity index (χ3v) is 3.18. The average Bonchev–Trinajstić information content (AvgIpc) is 2.95. The second kappa shape index (κ2) is 4.03. The first-order chi connectivity index (χ1) is 8.28. The topological polar surface area (TPSA) is 50.9 Å². The molecule has 2 heterocycles. The van der Waals surface area contributed by atoms with Crippen LogP contribution in [0, 0.1) is 0 Å². The number of anilines is 1. The Hall–Kier alpha value is -1.56. The molecule has 0 unspecified atom stereocenters. The summed E-state index contributed by atoms with van der Waals surface area (Å²) in [6.45, 7) is 0.811. The molecule has 2 aromatic rings. The molecule has 0 atom stereocenters. The first kappa shape index (κ1) is 10.6. The van der Waals surface area contributed by atoms with Gasteiger partial charge in [-0.1, -0.05) is 0 Å². The number of hydrogen-bond acceptors (Lipinski definition) is 5. The summed E-state index contributed by atoms with van der Waals surface area (Å²) >= 11 is 3.41. The van der Waals surface area contributed by atoms with Crippen LogP contribution in [0.15, 0.2) is 26.1 Å². The molecule has 88 valence electrons. The lowest BCUT2D eigenvalue weighted by Gasteiger charge is -2.05. The number of rotatable bonds is 2. The Morgan fingerprint density at radius 2 is 2.35 bits per heavy atom. The zero-order valence-electron chi connectivity index (χ0n) is 9.18. The number of aromatic nitrogens is 1. The fourth-order valence-electron chi connectivity index (χ4n) is 1.72. The lowest BCUT2D eigenvalue weighted by Crippen LogP contribution is -2.11. The molecular formula is C11H10BrN3O2. The molecule has 0 radical (unpaired) electrons. The minimum absolute atomic E-state index is 0.522. The van der Waals surface area contributed by atoms with Crippen LogP contribution in [0.2, 0.25) is 0 Å². The molecule has 0 saturated carbocycles. The van der Waals surface area contributed by atoms with Crippen LogP contribution < -0.4 is 9.75 Å². The number of halogens is 1. The number of oxazole rings is 1. The molecule has 17 heavy (non-hydrogen) atoms. The molecule has 1 aliphatic heterocycles. The van der Waals surface area contributed by atoms with Gasteiger partial charge in [0.15, 0.2) is 5.58 Å². The van der Waals surface area contributed by atoms with Gasteiger partial charge in [0, 0.05) is 24.8 Å². The third-order valence-electron chi connectivity index (χ3n) is 2.56. The van der Waals surface area contributed by atoms with Crippen LogP contribution in [-0.4, -0.2) is 24.9 Å². The van der Waals surface area contributed by atoms with Crippen molar-refractivity contribution in [3.63, 3.8) is 0 Å². The number of benzene rings is 1. The van der Waals surface area contributed by atoms with Crippen LogP contribution in [0.1, 0.15) is 6.42 Å². The Morgan fingerprint density at radius 3 is 3.06 bits per heavy atom. The summed E-state index contributed by atoms with van der Waals surface area (Å²) in [5.74, 6) is 0.738. The molecule has 0 bridgehead atoms. The fourth-order valence-corrected chi connectivity index (χ4v) is 2.21. The third kappa shape index (κ3) is 1.78. The van der Waals surface area contributed by atoms with Gasteiger partial charge in [0.05, 0.1) is 18.1 Å². The fraction of sp³-hybridized carbons (Fsp3) is 0.273. The van der Waals surface area contributed by atoms with Gasteiger partial charge in [-0.25, -0.2) is 5.01 Å². The van der Waals surface area contributed by atoms with E-state index in [1.165, 1.54) is 0 Å². The van der Waals surface area contributed by atoms with E-state index in [-0.39, 0.29) is 0 Å². The van der Waals surface area contributed by atoms with Crippen molar-refractivity contribution < 1.29 is 9.15 Å². The molecular weight excluding hydrogens is 286 g/mol. The number of ether oxygens (including phenoxy) is 1. The van der Waals surface area contributed by atoms with Crippen LogP contribution in [-0.2, 0) is 0 Å². The molecule has 0 spiro atoms. The predicted octanol–water partition coefficient (Wildman–Crippen LogP) is 2.79. The van der Waals surface area contributed by atoms with E-state index < -0.39 is 0 Å². The van der Waals surface area contributed by atoms with E-state index in [0.29, 0.717) is 6.01 Å². The van der Waals surface area contributed by atoms with Crippen LogP contribution in [0.25, 0.3) is 11.1 Å². The molecule has 1 aromatic heterocycles. The Morgan fingerprint density at radius 1 is 1.47 bits per heavy atom. The molecule has 0 aliphatic carbocycles. The maximum absolute atomic E-state index is 5.65. The van der Waals surface area contributed by atoms with Gasteiger partial charge >= 0.3 is 6.01 Å². The minimum Gasteiger partial charge on any atom is -0.495 e. The van der Waals surface area contributed by atoms with E-state index in [1.54, 1.807) is 12.1 Å². The molecule has 0 amide bonds. The van der Waals surface area contributed by atoms with Gasteiger partial charge in [-0.3, -0.25) is 0 Å². The SMILES string of the molecule is COc1cc2nc(N3CCC=N3)oc2cc1Br. The number of methoxy groups -OCH3 is 1. The monoisotopic (exact) mass is 295 g/mol. The van der Waals surface area contributed by atoms with Crippen LogP contribution >= 0.6 is 15.9 Å². The zero-order chi connectivity index (χ0) is 11.8. The van der Waals surface area contributed by atoms with Gasteiger partial charge in [-0.05, 0) is 15.9 Å². The summed E-state index contributed by atoms with van der Waals surface area (Å²) in [5, 5.41) is 5.93. The summed E-state index contributed by atoms with van der Waals surface area (Å²) in [5.41, 5.74) is 1.48. The summed E-state index contributed by atoms with van der Waals surface area (Å²) in [6, 6.07) is 4.21. The average molecular weight is 296 g/mol. The Bertz CT molecular complexity index is 594. The van der Waals surface area contributed by atoms with Gasteiger partial charge in [-0.2, -0.15) is 10.1 Å². The summed E-state index contributed by atoms with van der Waals surface area (Å²) in [4.78, 5) is 4.39. The molecule has 6 heteroatoms. The van der Waals surface area contributed by atoms with Crippen molar-refractivity contribution >= 4 is 39.3 Å². The number of fused-ring (bicyclic) bond motifs is 1. The van der Waals surface area contributed by atoms with Gasteiger partial charge in [0.1, 0.15) is 11.3 Å². The number of hydrogen-bond donors (Lipinski definition) is 0. The van der Waals surface area contributed by atoms with E-state index in [0.717, 1.165) is 34.3 Å². The standard InChI is InChI=1S/C11H10BrN3O2/c1-16-9-6-8-10(5-7(9)12)17-11(14-8)15-4-2-3-13-15/h3,5-6H,2,4H2,1H3. The van der Waals surface area contributed by atoms with Crippen molar-refractivity contribution in [1.29, 1.82) is 0 Å². The zero-order valence-corrected chi connectivity index (χ0v) is 10.8. The van der Waals surface area contributed by atoms with E-state index in [4.69, 9.17) is 9.15 Å². The molecule has 5 nitrogen and oxygen atoms in total. The van der Waals surface area contributed by atoms with E-state index in [9.17, 15) is 0 Å². The molecule has 0 N–H and O–H groups in total. The first-order valence-corrected chi connectivity index (χ1v) is 6.01. The van der Waals surface area contributed by atoms with Crippen molar-refractivity contribution in [3.8, 4) is 5.75 Å². The van der Waals surface area contributed by atoms with Crippen molar-refractivity contribution in [3.05, 3.63) is 16.6 Å². The highest BCUT2D eigenvalue weighted by atomic mass is 79.9. The van der Waals surface area contributed by atoms with Gasteiger partial charge < -0.3 is 9.15 Å². The normalized spacial score (nSPS) is 14.8. The van der Waals surface area contributed by atoms with Crippen molar-refractivity contribution in [2.75, 3.05) is 18.7 Å². The van der Waals surface area contributed by atoms with Crippen LogP contribution in [0.3, 0.4) is 0 Å². The number of nitrogens with zero attached hydrogens (tertiary/aromatic N) is 3. The van der Waals surface area contributed by atoms with Gasteiger partial charge in [0.25, 0.3) is 0 Å². The lowest BCUT2D eigenvalue weighted by atomic mass is 10.3. The van der Waals surface area contributed by atoms with Crippen molar-refractivity contribution in [2.24, 2.45) is 5.10 Å². The first-order valence-electron chi connectivity index (χ1n) is 5.22. The second-order valence-electron chi connectivity index (χ2n) is 3.66. The maximum Gasteiger partial charge on any atom is 0.319 e. The summed E-state index contributed by atoms with van der Waals surface area (Å²) < 4.78 is 11.7. The highest BCUT2D eigenvalue weighted by molar-refractivity contribution is 9.10. The van der Waals surface area contributed by atoms with Crippen molar-refractivity contribution in [1.82, 2.24) is 4.98 Å². The highest BCUT2D eigenvalue weighted by Gasteiger charge is 2.16. The smallest absolute Gasteiger partial charge is 0.319 e. The molecule has 0 saturated heterocycles. The predicted molar refractivity (Wildman–Crippen MR) is 68.7 cm³/mol. The summed E-state index contributed by atoms with van der Waals surface area (Å²) in [7, 11) is 1.62. The van der Waals surface area contributed by atoms with Gasteiger partial charge in [0.2, 0.25) is 0 Å². The Kier molecular flexibility index (Phi) is 2.51. The summed E-state index contributed by atoms with van der Waals surface area (Å²) in [6.07, 6.45) is 2.77. The minimum atomic E-state index is 0.522. The molecule has 3 rings (SSSR count).